The second kappa shape index (κ2) is 12.2. The molecule has 0 heterocycles. The number of rotatable bonds is 10. The lowest BCUT2D eigenvalue weighted by Crippen LogP contribution is -2.40. The van der Waals surface area contributed by atoms with Gasteiger partial charge in [-0.1, -0.05) is 42.5 Å². The van der Waals surface area contributed by atoms with E-state index in [1.165, 1.54) is 0 Å². The van der Waals surface area contributed by atoms with Crippen molar-refractivity contribution in [3.8, 4) is 0 Å². The minimum atomic E-state index is -3.31. The van der Waals surface area contributed by atoms with Crippen LogP contribution in [0, 0.1) is 11.3 Å². The van der Waals surface area contributed by atoms with Crippen molar-refractivity contribution in [3.05, 3.63) is 65.7 Å². The molecule has 0 fully saturated rings. The zero-order valence-corrected chi connectivity index (χ0v) is 22.1. The summed E-state index contributed by atoms with van der Waals surface area (Å²) in [7, 11) is -3.31. The molecule has 7 nitrogen and oxygen atoms in total. The van der Waals surface area contributed by atoms with Crippen molar-refractivity contribution in [2.24, 2.45) is 11.3 Å². The predicted octanol–water partition coefficient (Wildman–Crippen LogP) is 4.03. The van der Waals surface area contributed by atoms with Gasteiger partial charge in [-0.2, -0.15) is 0 Å². The molecule has 186 valence electrons. The topological polar surface area (TPSA) is 96.5 Å². The van der Waals surface area contributed by atoms with Crippen molar-refractivity contribution in [2.45, 2.75) is 40.2 Å². The van der Waals surface area contributed by atoms with Crippen LogP contribution in [0.2, 0.25) is 0 Å². The highest BCUT2D eigenvalue weighted by Crippen LogP contribution is 2.18. The normalized spacial score (nSPS) is 13.4. The Morgan fingerprint density at radius 3 is 2.24 bits per heavy atom. The quantitative estimate of drug-likeness (QED) is 0.331. The molecule has 0 spiro atoms. The molecule has 0 saturated heterocycles. The molecular formula is C25H35N3O4S2. The third-order valence-corrected chi connectivity index (χ3v) is 5.91. The Morgan fingerprint density at radius 1 is 1.06 bits per heavy atom. The first-order valence-corrected chi connectivity index (χ1v) is 13.5. The second-order valence-electron chi connectivity index (χ2n) is 9.48. The number of sulfonamides is 1. The maximum atomic E-state index is 12.2. The first kappa shape index (κ1) is 27.6. The summed E-state index contributed by atoms with van der Waals surface area (Å²) >= 11 is 5.48. The van der Waals surface area contributed by atoms with Gasteiger partial charge in [0.25, 0.3) is 0 Å². The van der Waals surface area contributed by atoms with Gasteiger partial charge in [0.2, 0.25) is 10.0 Å². The van der Waals surface area contributed by atoms with Crippen molar-refractivity contribution in [1.82, 2.24) is 10.6 Å². The summed E-state index contributed by atoms with van der Waals surface area (Å²) in [4.78, 5) is 12.2. The van der Waals surface area contributed by atoms with E-state index in [-0.39, 0.29) is 17.9 Å². The highest BCUT2D eigenvalue weighted by atomic mass is 32.2. The molecule has 3 N–H and O–H groups in total. The first-order valence-electron chi connectivity index (χ1n) is 11.2. The molecule has 9 heteroatoms. The number of nitrogens with one attached hydrogen (secondary N) is 3. The molecule has 0 amide bonds. The van der Waals surface area contributed by atoms with E-state index in [9.17, 15) is 13.2 Å². The average molecular weight is 506 g/mol. The number of benzene rings is 2. The summed E-state index contributed by atoms with van der Waals surface area (Å²) in [6, 6.07) is 17.1. The minimum absolute atomic E-state index is 0.0464. The van der Waals surface area contributed by atoms with Crippen LogP contribution in [-0.4, -0.2) is 38.9 Å². The largest absolute Gasteiger partial charge is 0.465 e. The van der Waals surface area contributed by atoms with Crippen molar-refractivity contribution >= 4 is 39.0 Å². The minimum Gasteiger partial charge on any atom is -0.465 e. The number of hydrogen-bond acceptors (Lipinski definition) is 5. The van der Waals surface area contributed by atoms with Crippen LogP contribution < -0.4 is 15.4 Å². The molecule has 0 radical (unpaired) electrons. The molecule has 0 aliphatic carbocycles. The summed E-state index contributed by atoms with van der Waals surface area (Å²) in [5.41, 5.74) is 2.08. The van der Waals surface area contributed by atoms with E-state index >= 15 is 0 Å². The summed E-state index contributed by atoms with van der Waals surface area (Å²) in [6.45, 7) is 8.32. The highest BCUT2D eigenvalue weighted by molar-refractivity contribution is 7.92. The summed E-state index contributed by atoms with van der Waals surface area (Å²) in [5, 5.41) is 6.98. The lowest BCUT2D eigenvalue weighted by molar-refractivity contribution is -0.154. The van der Waals surface area contributed by atoms with Crippen LogP contribution in [0.5, 0.6) is 0 Å². The Morgan fingerprint density at radius 2 is 1.68 bits per heavy atom. The van der Waals surface area contributed by atoms with Crippen molar-refractivity contribution in [2.75, 3.05) is 24.1 Å². The molecule has 2 atom stereocenters. The number of thiocarbonyl (C=S) groups is 1. The maximum Gasteiger partial charge on any atom is 0.311 e. The lowest BCUT2D eigenvalue weighted by atomic mass is 9.97. The third kappa shape index (κ3) is 10.1. The van der Waals surface area contributed by atoms with Crippen LogP contribution in [-0.2, 0) is 26.0 Å². The Kier molecular flexibility index (Phi) is 9.88. The molecule has 2 rings (SSSR count). The van der Waals surface area contributed by atoms with E-state index in [1.54, 1.807) is 12.1 Å². The Labute approximate surface area is 208 Å². The van der Waals surface area contributed by atoms with E-state index in [2.05, 4.69) is 27.5 Å². The first-order chi connectivity index (χ1) is 15.8. The van der Waals surface area contributed by atoms with E-state index in [1.807, 2.05) is 58.0 Å². The number of esters is 1. The van der Waals surface area contributed by atoms with Crippen LogP contribution in [0.25, 0.3) is 0 Å². The molecule has 34 heavy (non-hydrogen) atoms. The third-order valence-electron chi connectivity index (χ3n) is 5.04. The summed E-state index contributed by atoms with van der Waals surface area (Å²) < 4.78 is 30.8. The van der Waals surface area contributed by atoms with Crippen molar-refractivity contribution in [3.63, 3.8) is 0 Å². The highest BCUT2D eigenvalue weighted by Gasteiger charge is 2.24. The van der Waals surface area contributed by atoms with Crippen molar-refractivity contribution < 1.29 is 17.9 Å². The predicted molar refractivity (Wildman–Crippen MR) is 141 cm³/mol. The van der Waals surface area contributed by atoms with Crippen LogP contribution >= 0.6 is 12.2 Å². The Balaban J connectivity index is 1.93. The zero-order valence-electron chi connectivity index (χ0n) is 20.4. The fourth-order valence-electron chi connectivity index (χ4n) is 3.17. The van der Waals surface area contributed by atoms with Gasteiger partial charge in [0, 0.05) is 18.2 Å². The summed E-state index contributed by atoms with van der Waals surface area (Å²) in [5.74, 6) is -0.182. The Bertz CT molecular complexity index is 1050. The smallest absolute Gasteiger partial charge is 0.311 e. The van der Waals surface area contributed by atoms with Gasteiger partial charge in [-0.3, -0.25) is 9.52 Å². The molecule has 1 unspecified atom stereocenters. The summed E-state index contributed by atoms with van der Waals surface area (Å²) in [6.07, 6.45) is 1.86. The molecule has 0 saturated carbocycles. The fraction of sp³-hybridized carbons (Fsp3) is 0.440. The fourth-order valence-corrected chi connectivity index (χ4v) is 3.99. The van der Waals surface area contributed by atoms with E-state index in [0.717, 1.165) is 23.8 Å². The van der Waals surface area contributed by atoms with Gasteiger partial charge < -0.3 is 15.4 Å². The van der Waals surface area contributed by atoms with Gasteiger partial charge in [-0.25, -0.2) is 8.42 Å². The van der Waals surface area contributed by atoms with E-state index < -0.39 is 15.4 Å². The second-order valence-corrected chi connectivity index (χ2v) is 11.6. The monoisotopic (exact) mass is 505 g/mol. The van der Waals surface area contributed by atoms with Gasteiger partial charge in [0.05, 0.1) is 24.3 Å². The number of anilines is 1. The Hall–Kier alpha value is -2.65. The van der Waals surface area contributed by atoms with Crippen LogP contribution in [0.3, 0.4) is 0 Å². The molecule has 2 aromatic carbocycles. The van der Waals surface area contributed by atoms with E-state index in [0.29, 0.717) is 24.0 Å². The van der Waals surface area contributed by atoms with Gasteiger partial charge in [-0.15, -0.1) is 0 Å². The van der Waals surface area contributed by atoms with Crippen molar-refractivity contribution in [1.29, 1.82) is 0 Å². The van der Waals surface area contributed by atoms with Gasteiger partial charge in [0.1, 0.15) is 0 Å². The van der Waals surface area contributed by atoms with Gasteiger partial charge in [0.15, 0.2) is 5.11 Å². The van der Waals surface area contributed by atoms with Crippen LogP contribution in [0.15, 0.2) is 54.6 Å². The molecule has 2 aromatic rings. The average Bonchev–Trinajstić information content (AvgIpc) is 2.74. The molecule has 0 aliphatic heterocycles. The number of carbonyl (C=O) groups excluding carboxylic acids is 1. The SMILES string of the molecule is C[C@H](NC(=S)NCC(COC(=O)C(C)(C)C)Cc1ccccc1)c1ccc(NS(C)(=O)=O)cc1. The molecular weight excluding hydrogens is 470 g/mol. The number of ether oxygens (including phenoxy) is 1. The standard InChI is InChI=1S/C25H35N3O4S2/c1-18(21-11-13-22(14-12-21)28-34(5,30)31)27-24(33)26-16-20(15-19-9-7-6-8-10-19)17-32-23(29)25(2,3)4/h6-14,18,20,28H,15-17H2,1-5H3,(H2,26,27,33)/t18-,20?/m0/s1. The van der Waals surface area contributed by atoms with Crippen LogP contribution in [0.4, 0.5) is 5.69 Å². The lowest BCUT2D eigenvalue weighted by Gasteiger charge is -2.23. The molecule has 0 aromatic heterocycles. The molecule has 0 aliphatic rings. The van der Waals surface area contributed by atoms with Gasteiger partial charge in [-0.05, 0) is 69.6 Å². The molecule has 0 bridgehead atoms. The zero-order chi connectivity index (χ0) is 25.4. The van der Waals surface area contributed by atoms with Crippen LogP contribution in [0.1, 0.15) is 44.9 Å². The maximum absolute atomic E-state index is 12.2. The number of hydrogen-bond donors (Lipinski definition) is 3. The van der Waals surface area contributed by atoms with E-state index in [4.69, 9.17) is 17.0 Å². The van der Waals surface area contributed by atoms with Gasteiger partial charge >= 0.3 is 5.97 Å². The number of carbonyl (C=O) groups is 1.